The monoisotopic (exact) mass is 1790 g/mol. The Bertz CT molecular complexity index is 5440. The molecule has 13 rings (SSSR count). The number of piperidine rings is 1. The maximum atomic E-state index is 14.7. The van der Waals surface area contributed by atoms with Crippen molar-refractivity contribution in [2.45, 2.75) is 204 Å². The Morgan fingerprint density at radius 2 is 1.05 bits per heavy atom. The number of amides is 3. The minimum Gasteiger partial charge on any atom is -0.507 e. The number of ketones is 2. The van der Waals surface area contributed by atoms with E-state index in [1.807, 2.05) is 7.05 Å². The zero-order valence-corrected chi connectivity index (χ0v) is 77.1. The molecule has 2 fully saturated rings. The fourth-order valence-corrected chi connectivity index (χ4v) is 17.6. The standard InChI is InChI=1S/C46H62N4O11.C43H58N4O12.C5H5N3O/c1-22(2)21-50-18-16-46(17-19-50)48-34-32-31-26(6)39(54)42-33(32)43(56)45(10,61-42)59-20-15-30(58-11)25(5)41(60-29(9)51)28(8)38(53)27(7)37(52)23(3)13-12-14-24(4)44(57)47-36(40(31)55)35(34)49-46;1-21-12-11-13-22(2)42(55)45-33-28(20-44-47-17-15-46(9)16-18-47)37(52)30-31(38(33)53)36(51)26(6)40-32(30)41(54)43(8,59-40)57-19-14-29(56-10)23(3)39(58-27(7)48)25(5)35(50)24(4)34(21)49;6-5(9)4-3-7-1-2-8-4/h12-15,20,22-23,25,27-28,30,37-38,41,52-55H,16-19,21H2,1-11H3,(H,47,57);11-14,19-21,23-25,29,34-35,39,49-53H,15-18H2,1-10H3,(H,45,55);1-3H,(H2,6,9)/b13-12+,20-15+,24-14-;12-11+,19-14+,22-13-,44-20+;/t23-,25+,27+,28+,30-,37-,38+,41+,45-;21-,23+,24+,25+,29-,34-,35+,39+,43-;/m00./s1. The van der Waals surface area contributed by atoms with Crippen LogP contribution in [0.4, 0.5) is 11.4 Å². The molecule has 2 saturated heterocycles. The van der Waals surface area contributed by atoms with E-state index >= 15 is 0 Å². The summed E-state index contributed by atoms with van der Waals surface area (Å²) < 4.78 is 47.4. The summed E-state index contributed by atoms with van der Waals surface area (Å²) in [6.07, 6.45) is 14.1. The lowest BCUT2D eigenvalue weighted by Crippen LogP contribution is -2.46. The Labute approximate surface area is 749 Å². The number of nitrogens with zero attached hydrogens (tertiary/aromatic N) is 8. The number of aromatic hydroxyl groups is 5. The molecule has 3 amide bonds. The predicted octanol–water partition coefficient (Wildman–Crippen LogP) is 8.66. The molecule has 4 aromatic carbocycles. The third-order valence-electron chi connectivity index (χ3n) is 25.6. The third-order valence-corrected chi connectivity index (χ3v) is 25.6. The molecule has 0 saturated carbocycles. The van der Waals surface area contributed by atoms with Gasteiger partial charge in [-0.3, -0.25) is 53.5 Å². The van der Waals surface area contributed by atoms with Gasteiger partial charge in [0.05, 0.1) is 94.7 Å². The van der Waals surface area contributed by atoms with Crippen molar-refractivity contribution in [2.24, 2.45) is 74.1 Å². The number of phenolic OH excluding ortho intramolecular Hbond substituents is 5. The summed E-state index contributed by atoms with van der Waals surface area (Å²) in [7, 11) is 4.88. The van der Waals surface area contributed by atoms with Crippen LogP contribution in [-0.4, -0.2) is 251 Å². The number of benzene rings is 4. The van der Waals surface area contributed by atoms with Crippen molar-refractivity contribution in [1.82, 2.24) is 24.8 Å². The molecule has 8 aliphatic rings. The Morgan fingerprint density at radius 3 is 1.51 bits per heavy atom. The number of piperazine rings is 1. The van der Waals surface area contributed by atoms with Crippen molar-refractivity contribution in [3.05, 3.63) is 135 Å². The number of allylic oxidation sites excluding steroid dienone is 4. The summed E-state index contributed by atoms with van der Waals surface area (Å²) in [5.41, 5.74) is 4.16. The number of aliphatic hydroxyl groups is 4. The first-order valence-electron chi connectivity index (χ1n) is 43.4. The molecule has 5 aromatic rings. The van der Waals surface area contributed by atoms with Gasteiger partial charge in [-0.1, -0.05) is 106 Å². The third kappa shape index (κ3) is 21.1. The largest absolute Gasteiger partial charge is 0.507 e. The SMILES string of the molecule is CO[C@H]1/C=C/O[C@@]2(C)Oc3c(C)c(O)c4c(O)c(c(/C=N/N5CCN(C)CC5)c(O)c4c3C2=O)NC(=O)/C(C)=C\C=C\[C@H](C)[C@H](O)[C@@H](C)[C@@H](O)[C@@H](C)[C@H](OC(C)=O)[C@@H]1C.CO[C@H]1/C=C/O[C@@]2(C)Oc3c(O)c(C)c4c(O)c(c5c(c4c3C2=O)=NC2(CCN(CC(C)C)CC2)N=5)NC(=O)/C(C)=C\C=C\[C@H](C)[C@H](O)[C@@H](C)[C@@H](O)[C@@H](C)[C@H](OC(C)=O)[C@@H]1C.NC(=O)c1cnccn1. The first-order valence-corrected chi connectivity index (χ1v) is 43.4. The number of Topliss-reactive ketones (excluding diaryl/α,β-unsaturated/α-hetero) is 2. The molecule has 700 valence electrons. The molecule has 9 heterocycles. The summed E-state index contributed by atoms with van der Waals surface area (Å²) in [6.45, 7) is 34.6. The van der Waals surface area contributed by atoms with E-state index in [-0.39, 0.29) is 99.8 Å². The van der Waals surface area contributed by atoms with Gasteiger partial charge in [0.25, 0.3) is 29.3 Å². The first kappa shape index (κ1) is 99.7. The maximum absolute atomic E-state index is 14.7. The Balaban J connectivity index is 0.000000244. The summed E-state index contributed by atoms with van der Waals surface area (Å²) in [6, 6.07) is 0. The van der Waals surface area contributed by atoms with E-state index in [0.29, 0.717) is 44.9 Å². The number of aliphatic hydroxyl groups excluding tert-OH is 4. The van der Waals surface area contributed by atoms with Gasteiger partial charge < -0.3 is 110 Å². The van der Waals surface area contributed by atoms with Gasteiger partial charge in [0.15, 0.2) is 22.9 Å². The highest BCUT2D eigenvalue weighted by molar-refractivity contribution is 6.24. The van der Waals surface area contributed by atoms with Gasteiger partial charge in [-0.25, -0.2) is 4.98 Å². The van der Waals surface area contributed by atoms with Crippen LogP contribution in [0.15, 0.2) is 106 Å². The van der Waals surface area contributed by atoms with Crippen LogP contribution in [0.1, 0.15) is 172 Å². The Hall–Kier alpha value is -11.4. The first-order chi connectivity index (χ1) is 60.7. The summed E-state index contributed by atoms with van der Waals surface area (Å²) in [5, 5.41) is 117. The van der Waals surface area contributed by atoms with Crippen LogP contribution in [0.2, 0.25) is 0 Å². The molecule has 1 aromatic heterocycles. The number of hydrogen-bond acceptors (Lipinski definition) is 32. The molecule has 35 heteroatoms. The number of nitrogens with two attached hydrogens (primary N) is 1. The highest BCUT2D eigenvalue weighted by atomic mass is 16.7. The van der Waals surface area contributed by atoms with Crippen LogP contribution in [0.25, 0.3) is 21.5 Å². The number of ether oxygens (including phenoxy) is 8. The van der Waals surface area contributed by atoms with Crippen LogP contribution in [0.3, 0.4) is 0 Å². The minimum absolute atomic E-state index is 0.00723. The van der Waals surface area contributed by atoms with Crippen LogP contribution in [-0.2, 0) is 47.6 Å². The molecule has 8 aliphatic heterocycles. The number of carbonyl (C=O) groups is 7. The number of aryl methyl sites for hydroxylation is 1. The van der Waals surface area contributed by atoms with Crippen molar-refractivity contribution < 1.29 is 117 Å². The second kappa shape index (κ2) is 41.1. The number of esters is 2. The van der Waals surface area contributed by atoms with Crippen LogP contribution in [0.5, 0.6) is 40.2 Å². The van der Waals surface area contributed by atoms with Crippen molar-refractivity contribution in [3.63, 3.8) is 0 Å². The number of fused-ring (bicyclic) bond motifs is 15. The number of hydrogen-bond donors (Lipinski definition) is 12. The zero-order valence-electron chi connectivity index (χ0n) is 77.1. The van der Waals surface area contributed by atoms with Crippen LogP contribution in [0, 0.1) is 67.1 Å². The van der Waals surface area contributed by atoms with E-state index in [4.69, 9.17) is 53.6 Å². The number of aromatic nitrogens is 2. The quantitative estimate of drug-likeness (QED) is 0.0284. The van der Waals surface area contributed by atoms with E-state index in [0.717, 1.165) is 19.6 Å². The van der Waals surface area contributed by atoms with Crippen molar-refractivity contribution >= 4 is 80.4 Å². The molecule has 9 bridgehead atoms. The molecule has 35 nitrogen and oxygen atoms in total. The number of anilines is 2. The van der Waals surface area contributed by atoms with Crippen molar-refractivity contribution in [3.8, 4) is 40.2 Å². The highest BCUT2D eigenvalue weighted by Gasteiger charge is 2.53. The number of primary amides is 1. The summed E-state index contributed by atoms with van der Waals surface area (Å²) >= 11 is 0. The van der Waals surface area contributed by atoms with E-state index in [1.165, 1.54) is 111 Å². The van der Waals surface area contributed by atoms with Crippen molar-refractivity contribution in [1.29, 1.82) is 0 Å². The molecule has 1 spiro atoms. The molecule has 18 atom stereocenters. The number of rotatable bonds is 9. The van der Waals surface area contributed by atoms with Gasteiger partial charge in [0.2, 0.25) is 0 Å². The number of hydrazone groups is 1. The number of carbonyl (C=O) groups excluding carboxylic acids is 7. The fourth-order valence-electron chi connectivity index (χ4n) is 17.6. The number of likely N-dealkylation sites (N-methyl/N-ethyl adjacent to an activating group) is 1. The topological polar surface area (TPSA) is 498 Å². The van der Waals surface area contributed by atoms with Crippen LogP contribution < -0.4 is 36.6 Å². The van der Waals surface area contributed by atoms with E-state index in [2.05, 4.69) is 49.4 Å². The normalized spacial score (nSPS) is 30.7. The maximum Gasteiger partial charge on any atom is 0.312 e. The molecular formula is C94H125N11O24. The zero-order chi connectivity index (χ0) is 95.2. The summed E-state index contributed by atoms with van der Waals surface area (Å²) in [5.74, 6) is -15.6. The molecule has 0 radical (unpaired) electrons. The molecule has 13 N–H and O–H groups in total. The number of likely N-dealkylation sites (tertiary alicyclic amines) is 1. The van der Waals surface area contributed by atoms with Gasteiger partial charge in [-0.15, -0.1) is 0 Å². The Kier molecular flexibility index (Phi) is 31.8. The highest BCUT2D eigenvalue weighted by Crippen LogP contribution is 2.56. The van der Waals surface area contributed by atoms with Gasteiger partial charge >= 0.3 is 23.5 Å². The lowest BCUT2D eigenvalue weighted by molar-refractivity contribution is -0.161. The smallest absolute Gasteiger partial charge is 0.312 e. The lowest BCUT2D eigenvalue weighted by atomic mass is 9.78. The van der Waals surface area contributed by atoms with Gasteiger partial charge in [0.1, 0.15) is 51.9 Å². The fraction of sp³-hybridized carbons (Fsp3) is 0.532. The van der Waals surface area contributed by atoms with Gasteiger partial charge in [-0.2, -0.15) is 5.10 Å². The average Bonchev–Trinajstić information content (AvgIpc) is 1.56. The second-order valence-electron chi connectivity index (χ2n) is 35.5. The molecule has 0 aliphatic carbocycles. The second-order valence-corrected chi connectivity index (χ2v) is 35.5. The molecule has 129 heavy (non-hydrogen) atoms. The van der Waals surface area contributed by atoms with Gasteiger partial charge in [-0.05, 0) is 52.8 Å². The predicted molar refractivity (Wildman–Crippen MR) is 479 cm³/mol. The number of methoxy groups -OCH3 is 2. The number of phenols is 5. The molecular weight excluding hydrogens is 1670 g/mol. The number of nitrogens with one attached hydrogen (secondary N) is 2. The van der Waals surface area contributed by atoms with Crippen LogP contribution >= 0.6 is 0 Å². The van der Waals surface area contributed by atoms with E-state index in [1.54, 1.807) is 105 Å². The average molecular weight is 1790 g/mol. The lowest BCUT2D eigenvalue weighted by Gasteiger charge is -2.38. The van der Waals surface area contributed by atoms with Gasteiger partial charge in [0, 0.05) is 199 Å². The molecule has 0 unspecified atom stereocenters. The summed E-state index contributed by atoms with van der Waals surface area (Å²) in [4.78, 5) is 114. The van der Waals surface area contributed by atoms with E-state index < -0.39 is 183 Å². The van der Waals surface area contributed by atoms with E-state index in [9.17, 15) is 79.5 Å². The minimum atomic E-state index is -2.04. The van der Waals surface area contributed by atoms with Crippen molar-refractivity contribution in [2.75, 3.05) is 77.7 Å². The Morgan fingerprint density at radius 1 is 0.581 bits per heavy atom.